The van der Waals surface area contributed by atoms with Crippen molar-refractivity contribution < 1.29 is 19.1 Å². The van der Waals surface area contributed by atoms with Crippen molar-refractivity contribution in [1.29, 1.82) is 0 Å². The molecule has 0 radical (unpaired) electrons. The van der Waals surface area contributed by atoms with Gasteiger partial charge < -0.3 is 9.47 Å². The minimum absolute atomic E-state index is 0.262. The van der Waals surface area contributed by atoms with Crippen LogP contribution in [0.1, 0.15) is 37.3 Å². The number of unbranched alkanes of at least 4 members (excludes halogenated alkanes) is 1. The number of cyclic esters (lactones) is 1. The maximum atomic E-state index is 13.5. The highest BCUT2D eigenvalue weighted by Gasteiger charge is 2.69. The summed E-state index contributed by atoms with van der Waals surface area (Å²) in [6, 6.07) is 16.4. The lowest BCUT2D eigenvalue weighted by Gasteiger charge is -2.38. The summed E-state index contributed by atoms with van der Waals surface area (Å²) in [4.78, 5) is 26.5. The second kappa shape index (κ2) is 5.82. The number of benzene rings is 3. The Hall–Kier alpha value is -2.88. The second-order valence-corrected chi connectivity index (χ2v) is 8.56. The first-order chi connectivity index (χ1) is 14.2. The van der Waals surface area contributed by atoms with Crippen molar-refractivity contribution in [1.82, 2.24) is 0 Å². The molecule has 0 unspecified atom stereocenters. The molecule has 7 rings (SSSR count). The van der Waals surface area contributed by atoms with Crippen LogP contribution < -0.4 is 0 Å². The van der Waals surface area contributed by atoms with Crippen LogP contribution in [0.3, 0.4) is 0 Å². The Morgan fingerprint density at radius 1 is 0.931 bits per heavy atom. The molecule has 1 spiro atoms. The maximum absolute atomic E-state index is 13.5. The van der Waals surface area contributed by atoms with E-state index in [0.717, 1.165) is 51.9 Å². The van der Waals surface area contributed by atoms with Crippen molar-refractivity contribution in [3.8, 4) is 0 Å². The van der Waals surface area contributed by atoms with Crippen LogP contribution in [-0.2, 0) is 30.9 Å². The first-order valence-electron chi connectivity index (χ1n) is 10.5. The van der Waals surface area contributed by atoms with E-state index >= 15 is 0 Å². The fourth-order valence-corrected chi connectivity index (χ4v) is 5.94. The van der Waals surface area contributed by atoms with Crippen LogP contribution >= 0.6 is 0 Å². The molecule has 4 heteroatoms. The minimum atomic E-state index is -0.971. The number of carbonyl (C=O) groups excluding carboxylic acids is 2. The molecular weight excluding hydrogens is 364 g/mol. The third-order valence-electron chi connectivity index (χ3n) is 7.14. The van der Waals surface area contributed by atoms with Crippen molar-refractivity contribution in [3.63, 3.8) is 0 Å². The van der Waals surface area contributed by atoms with Crippen LogP contribution in [0, 0.1) is 5.92 Å². The van der Waals surface area contributed by atoms with Crippen LogP contribution in [0.4, 0.5) is 0 Å². The predicted molar refractivity (Wildman–Crippen MR) is 110 cm³/mol. The van der Waals surface area contributed by atoms with Crippen LogP contribution in [0.2, 0.25) is 0 Å². The Bertz CT molecular complexity index is 1140. The Balaban J connectivity index is 1.63. The molecule has 0 aromatic heterocycles. The normalized spacial score (nSPS) is 29.6. The molecule has 4 nitrogen and oxygen atoms in total. The Morgan fingerprint density at radius 2 is 1.55 bits per heavy atom. The van der Waals surface area contributed by atoms with Gasteiger partial charge in [0.25, 0.3) is 0 Å². The van der Waals surface area contributed by atoms with Gasteiger partial charge in [-0.05, 0) is 51.9 Å². The molecule has 2 saturated heterocycles. The zero-order valence-electron chi connectivity index (χ0n) is 16.3. The maximum Gasteiger partial charge on any atom is 0.318 e. The van der Waals surface area contributed by atoms with E-state index in [-0.39, 0.29) is 18.0 Å². The van der Waals surface area contributed by atoms with E-state index in [2.05, 4.69) is 31.2 Å². The summed E-state index contributed by atoms with van der Waals surface area (Å²) in [5.41, 5.74) is 1.11. The van der Waals surface area contributed by atoms with Gasteiger partial charge in [0.15, 0.2) is 6.10 Å². The van der Waals surface area contributed by atoms with E-state index in [1.165, 1.54) is 0 Å². The Kier molecular flexibility index (Phi) is 3.41. The fraction of sp³-hybridized carbons (Fsp3) is 0.360. The van der Waals surface area contributed by atoms with E-state index in [0.29, 0.717) is 6.42 Å². The highest BCUT2D eigenvalue weighted by atomic mass is 16.6. The molecule has 2 aliphatic heterocycles. The van der Waals surface area contributed by atoms with Gasteiger partial charge in [-0.25, -0.2) is 0 Å². The number of hydrogen-bond acceptors (Lipinski definition) is 4. The van der Waals surface area contributed by atoms with Crippen molar-refractivity contribution in [2.45, 2.75) is 50.2 Å². The van der Waals surface area contributed by atoms with Gasteiger partial charge in [-0.3, -0.25) is 9.59 Å². The number of fused-ring (bicyclic) bond motifs is 1. The summed E-state index contributed by atoms with van der Waals surface area (Å²) < 4.78 is 11.7. The zero-order chi connectivity index (χ0) is 19.8. The van der Waals surface area contributed by atoms with Crippen LogP contribution in [0.15, 0.2) is 48.5 Å². The highest BCUT2D eigenvalue weighted by Crippen LogP contribution is 2.58. The van der Waals surface area contributed by atoms with Crippen LogP contribution in [0.5, 0.6) is 0 Å². The van der Waals surface area contributed by atoms with E-state index in [9.17, 15) is 9.59 Å². The molecule has 2 fully saturated rings. The Labute approximate surface area is 168 Å². The van der Waals surface area contributed by atoms with Gasteiger partial charge in [-0.2, -0.15) is 0 Å². The number of carbonyl (C=O) groups is 2. The zero-order valence-corrected chi connectivity index (χ0v) is 16.3. The topological polar surface area (TPSA) is 52.6 Å². The summed E-state index contributed by atoms with van der Waals surface area (Å²) in [7, 11) is 0. The standard InChI is InChI=1S/C25H22O4/c1-2-3-12-19-22-21(23(26)28-19)25(24(27)29-22)13-18-14-8-4-6-10-16(14)20(25)17-11-7-5-9-15(17)18/h4-11,19,21-22H,2-3,12-13H2,1H3/t19-,21-,22-,25-/m0/s1. The fourth-order valence-electron chi connectivity index (χ4n) is 5.94. The molecule has 0 saturated carbocycles. The first kappa shape index (κ1) is 17.0. The average Bonchev–Trinajstić information content (AvgIpc) is 3.21. The van der Waals surface area contributed by atoms with Crippen molar-refractivity contribution in [2.24, 2.45) is 5.92 Å². The first-order valence-corrected chi connectivity index (χ1v) is 10.5. The molecule has 4 aliphatic rings. The minimum Gasteiger partial charge on any atom is -0.458 e. The SMILES string of the molecule is CCCC[C@@H]1OC(=O)[C@@H]2[C@H]1OC(=O)[C@]21Cc2c3ccccc3c1c1ccccc21. The lowest BCUT2D eigenvalue weighted by atomic mass is 9.59. The monoisotopic (exact) mass is 386 g/mol. The summed E-state index contributed by atoms with van der Waals surface area (Å²) >= 11 is 0. The molecule has 4 atom stereocenters. The van der Waals surface area contributed by atoms with Gasteiger partial charge in [0.05, 0.1) is 0 Å². The molecule has 29 heavy (non-hydrogen) atoms. The average molecular weight is 386 g/mol. The summed E-state index contributed by atoms with van der Waals surface area (Å²) in [5.74, 6) is -1.11. The predicted octanol–water partition coefficient (Wildman–Crippen LogP) is 4.44. The van der Waals surface area contributed by atoms with E-state index in [4.69, 9.17) is 9.47 Å². The molecule has 3 aromatic rings. The summed E-state index contributed by atoms with van der Waals surface area (Å²) in [5, 5.41) is 4.43. The smallest absolute Gasteiger partial charge is 0.318 e. The van der Waals surface area contributed by atoms with Gasteiger partial charge in [-0.1, -0.05) is 61.9 Å². The van der Waals surface area contributed by atoms with Gasteiger partial charge >= 0.3 is 11.9 Å². The Morgan fingerprint density at radius 3 is 2.17 bits per heavy atom. The largest absolute Gasteiger partial charge is 0.458 e. The van der Waals surface area contributed by atoms with Crippen LogP contribution in [0.25, 0.3) is 21.5 Å². The van der Waals surface area contributed by atoms with E-state index < -0.39 is 17.4 Å². The van der Waals surface area contributed by atoms with Crippen molar-refractivity contribution >= 4 is 33.5 Å². The second-order valence-electron chi connectivity index (χ2n) is 8.56. The number of rotatable bonds is 3. The van der Waals surface area contributed by atoms with E-state index in [1.54, 1.807) is 0 Å². The number of esters is 2. The number of hydrogen-bond donors (Lipinski definition) is 0. The van der Waals surface area contributed by atoms with Gasteiger partial charge in [0, 0.05) is 0 Å². The lowest BCUT2D eigenvalue weighted by Crippen LogP contribution is -2.46. The van der Waals surface area contributed by atoms with Crippen molar-refractivity contribution in [3.05, 3.63) is 59.7 Å². The molecule has 0 amide bonds. The van der Waals surface area contributed by atoms with Gasteiger partial charge in [-0.15, -0.1) is 0 Å². The third kappa shape index (κ3) is 1.99. The number of ether oxygens (including phenoxy) is 2. The lowest BCUT2D eigenvalue weighted by molar-refractivity contribution is -0.157. The quantitative estimate of drug-likeness (QED) is 0.493. The summed E-state index contributed by atoms with van der Waals surface area (Å²) in [6.07, 6.45) is 2.41. The molecular formula is C25H22O4. The van der Waals surface area contributed by atoms with Crippen molar-refractivity contribution in [2.75, 3.05) is 0 Å². The molecule has 2 bridgehead atoms. The molecule has 3 aromatic carbocycles. The summed E-state index contributed by atoms with van der Waals surface area (Å²) in [6.45, 7) is 2.11. The van der Waals surface area contributed by atoms with E-state index in [1.807, 2.05) is 24.3 Å². The van der Waals surface area contributed by atoms with Crippen LogP contribution in [-0.4, -0.2) is 24.1 Å². The molecule has 0 N–H and O–H groups in total. The van der Waals surface area contributed by atoms with Gasteiger partial charge in [0.1, 0.15) is 17.4 Å². The molecule has 2 heterocycles. The molecule has 2 aliphatic carbocycles. The highest BCUT2D eigenvalue weighted by molar-refractivity contribution is 6.14. The third-order valence-corrected chi connectivity index (χ3v) is 7.14. The van der Waals surface area contributed by atoms with Gasteiger partial charge in [0.2, 0.25) is 0 Å². The molecule has 146 valence electrons.